The van der Waals surface area contributed by atoms with Crippen molar-refractivity contribution in [2.75, 3.05) is 6.61 Å². The van der Waals surface area contributed by atoms with Crippen molar-refractivity contribution in [3.8, 4) is 0 Å². The number of rotatable bonds is 4. The molecule has 0 saturated carbocycles. The van der Waals surface area contributed by atoms with E-state index in [1.807, 2.05) is 24.3 Å². The molecule has 1 aliphatic rings. The average molecular weight is 235 g/mol. The van der Waals surface area contributed by atoms with Crippen LogP contribution in [0.3, 0.4) is 0 Å². The van der Waals surface area contributed by atoms with Crippen LogP contribution >= 0.6 is 0 Å². The second-order valence-corrected chi connectivity index (χ2v) is 4.60. The van der Waals surface area contributed by atoms with Crippen LogP contribution in [0.2, 0.25) is 0 Å². The summed E-state index contributed by atoms with van der Waals surface area (Å²) in [6.45, 7) is 5.54. The van der Waals surface area contributed by atoms with Crippen molar-refractivity contribution in [3.05, 3.63) is 35.4 Å². The maximum Gasteiger partial charge on any atom is 0.184 e. The number of hydrogen-bond donors (Lipinski definition) is 1. The normalized spacial score (nSPS) is 22.9. The van der Waals surface area contributed by atoms with Crippen LogP contribution in [0.15, 0.2) is 24.3 Å². The zero-order valence-corrected chi connectivity index (χ0v) is 10.6. The van der Waals surface area contributed by atoms with Crippen LogP contribution in [0.4, 0.5) is 0 Å². The highest BCUT2D eigenvalue weighted by Crippen LogP contribution is 2.37. The Morgan fingerprint density at radius 3 is 2.35 bits per heavy atom. The molecule has 2 rings (SSSR count). The van der Waals surface area contributed by atoms with E-state index in [9.17, 15) is 0 Å². The molecule has 3 heteroatoms. The molecular weight excluding hydrogens is 214 g/mol. The van der Waals surface area contributed by atoms with E-state index in [0.29, 0.717) is 13.2 Å². The Hall–Kier alpha value is -0.900. The van der Waals surface area contributed by atoms with Crippen molar-refractivity contribution >= 4 is 0 Å². The van der Waals surface area contributed by atoms with E-state index in [1.165, 1.54) is 0 Å². The fourth-order valence-electron chi connectivity index (χ4n) is 2.12. The summed E-state index contributed by atoms with van der Waals surface area (Å²) in [6.07, 6.45) is 1.75. The van der Waals surface area contributed by atoms with Crippen LogP contribution in [-0.4, -0.2) is 12.2 Å². The first kappa shape index (κ1) is 12.6. The number of benzene rings is 1. The lowest BCUT2D eigenvalue weighted by Gasteiger charge is -2.24. The maximum absolute atomic E-state index is 6.05. The lowest BCUT2D eigenvalue weighted by Crippen LogP contribution is -2.29. The van der Waals surface area contributed by atoms with Crippen LogP contribution < -0.4 is 5.73 Å². The van der Waals surface area contributed by atoms with Crippen LogP contribution in [-0.2, 0) is 16.0 Å². The first-order valence-electron chi connectivity index (χ1n) is 6.31. The molecule has 0 aliphatic carbocycles. The molecule has 0 spiro atoms. The van der Waals surface area contributed by atoms with E-state index in [0.717, 1.165) is 24.0 Å². The highest BCUT2D eigenvalue weighted by atomic mass is 16.7. The molecule has 94 valence electrons. The number of hydrogen-bond acceptors (Lipinski definition) is 3. The molecule has 3 nitrogen and oxygen atoms in total. The largest absolute Gasteiger partial charge is 0.345 e. The Bertz CT molecular complexity index is 357. The van der Waals surface area contributed by atoms with Gasteiger partial charge in [-0.2, -0.15) is 0 Å². The third-order valence-electron chi connectivity index (χ3n) is 3.63. The molecular formula is C14H21NO2. The van der Waals surface area contributed by atoms with Gasteiger partial charge in [-0.1, -0.05) is 38.1 Å². The smallest absolute Gasteiger partial charge is 0.184 e. The van der Waals surface area contributed by atoms with Gasteiger partial charge in [0.15, 0.2) is 6.29 Å². The Balaban J connectivity index is 2.09. The molecule has 0 amide bonds. The van der Waals surface area contributed by atoms with E-state index in [-0.39, 0.29) is 11.9 Å². The zero-order chi connectivity index (χ0) is 12.3. The quantitative estimate of drug-likeness (QED) is 0.872. The minimum absolute atomic E-state index is 0.1000. The molecule has 1 aliphatic heterocycles. The first-order chi connectivity index (χ1) is 8.23. The molecule has 1 atom stereocenters. The SMILES string of the molecule is CCC1(CC)COC(c2ccc(CN)cc2)O1. The summed E-state index contributed by atoms with van der Waals surface area (Å²) >= 11 is 0. The number of ether oxygens (including phenoxy) is 2. The monoisotopic (exact) mass is 235 g/mol. The predicted octanol–water partition coefficient (Wildman–Crippen LogP) is 2.75. The van der Waals surface area contributed by atoms with E-state index in [1.54, 1.807) is 0 Å². The Kier molecular flexibility index (Phi) is 3.82. The summed E-state index contributed by atoms with van der Waals surface area (Å²) in [7, 11) is 0. The highest BCUT2D eigenvalue weighted by Gasteiger charge is 2.38. The van der Waals surface area contributed by atoms with Crippen LogP contribution in [0, 0.1) is 0 Å². The van der Waals surface area contributed by atoms with E-state index < -0.39 is 0 Å². The Morgan fingerprint density at radius 1 is 1.24 bits per heavy atom. The third-order valence-corrected chi connectivity index (χ3v) is 3.63. The van der Waals surface area contributed by atoms with Crippen molar-refractivity contribution < 1.29 is 9.47 Å². The second-order valence-electron chi connectivity index (χ2n) is 4.60. The molecule has 0 radical (unpaired) electrons. The molecule has 1 aromatic rings. The number of nitrogens with two attached hydrogens (primary N) is 1. The molecule has 17 heavy (non-hydrogen) atoms. The zero-order valence-electron chi connectivity index (χ0n) is 10.6. The first-order valence-corrected chi connectivity index (χ1v) is 6.31. The minimum Gasteiger partial charge on any atom is -0.345 e. The molecule has 1 unspecified atom stereocenters. The van der Waals surface area contributed by atoms with Gasteiger partial charge in [0.05, 0.1) is 12.2 Å². The maximum atomic E-state index is 6.05. The van der Waals surface area contributed by atoms with E-state index in [2.05, 4.69) is 13.8 Å². The van der Waals surface area contributed by atoms with Gasteiger partial charge in [-0.25, -0.2) is 0 Å². The van der Waals surface area contributed by atoms with Gasteiger partial charge in [-0.05, 0) is 18.4 Å². The second kappa shape index (κ2) is 5.17. The lowest BCUT2D eigenvalue weighted by atomic mass is 9.99. The van der Waals surface area contributed by atoms with E-state index in [4.69, 9.17) is 15.2 Å². The van der Waals surface area contributed by atoms with Crippen molar-refractivity contribution in [1.29, 1.82) is 0 Å². The lowest BCUT2D eigenvalue weighted by molar-refractivity contribution is -0.0945. The van der Waals surface area contributed by atoms with Gasteiger partial charge in [-0.3, -0.25) is 0 Å². The molecule has 1 fully saturated rings. The summed E-state index contributed by atoms with van der Waals surface area (Å²) in [4.78, 5) is 0. The highest BCUT2D eigenvalue weighted by molar-refractivity contribution is 5.23. The van der Waals surface area contributed by atoms with Crippen molar-refractivity contribution in [1.82, 2.24) is 0 Å². The fourth-order valence-corrected chi connectivity index (χ4v) is 2.12. The topological polar surface area (TPSA) is 44.5 Å². The standard InChI is InChI=1S/C14H21NO2/c1-3-14(4-2)10-16-13(17-14)12-7-5-11(9-15)6-8-12/h5-8,13H,3-4,9-10,15H2,1-2H3. The van der Waals surface area contributed by atoms with Gasteiger partial charge in [0, 0.05) is 12.1 Å². The summed E-state index contributed by atoms with van der Waals surface area (Å²) in [6, 6.07) is 8.13. The Morgan fingerprint density at radius 2 is 1.88 bits per heavy atom. The summed E-state index contributed by atoms with van der Waals surface area (Å²) < 4.78 is 11.8. The predicted molar refractivity (Wildman–Crippen MR) is 67.4 cm³/mol. The van der Waals surface area contributed by atoms with Gasteiger partial charge in [-0.15, -0.1) is 0 Å². The third kappa shape index (κ3) is 2.51. The summed E-state index contributed by atoms with van der Waals surface area (Å²) in [5.74, 6) is 0. The van der Waals surface area contributed by atoms with Gasteiger partial charge in [0.25, 0.3) is 0 Å². The van der Waals surface area contributed by atoms with E-state index >= 15 is 0 Å². The fraction of sp³-hybridized carbons (Fsp3) is 0.571. The van der Waals surface area contributed by atoms with Crippen LogP contribution in [0.5, 0.6) is 0 Å². The molecule has 0 aromatic heterocycles. The molecule has 0 bridgehead atoms. The van der Waals surface area contributed by atoms with Crippen molar-refractivity contribution in [3.63, 3.8) is 0 Å². The van der Waals surface area contributed by atoms with Crippen molar-refractivity contribution in [2.24, 2.45) is 5.73 Å². The molecule has 2 N–H and O–H groups in total. The average Bonchev–Trinajstić information content (AvgIpc) is 2.84. The van der Waals surface area contributed by atoms with Gasteiger partial charge >= 0.3 is 0 Å². The van der Waals surface area contributed by atoms with Gasteiger partial charge < -0.3 is 15.2 Å². The van der Waals surface area contributed by atoms with Crippen molar-refractivity contribution in [2.45, 2.75) is 45.1 Å². The van der Waals surface area contributed by atoms with Crippen LogP contribution in [0.1, 0.15) is 44.1 Å². The minimum atomic E-state index is -0.221. The molecule has 1 heterocycles. The summed E-state index contributed by atoms with van der Waals surface area (Å²) in [5, 5.41) is 0. The van der Waals surface area contributed by atoms with Gasteiger partial charge in [0.2, 0.25) is 0 Å². The summed E-state index contributed by atoms with van der Waals surface area (Å²) in [5.41, 5.74) is 7.68. The molecule has 1 saturated heterocycles. The van der Waals surface area contributed by atoms with Gasteiger partial charge in [0.1, 0.15) is 0 Å². The van der Waals surface area contributed by atoms with Crippen LogP contribution in [0.25, 0.3) is 0 Å². The Labute approximate surface area is 103 Å². The molecule has 1 aromatic carbocycles.